The number of benzene rings is 2. The van der Waals surface area contributed by atoms with Crippen LogP contribution in [-0.2, 0) is 6.54 Å². The third-order valence-corrected chi connectivity index (χ3v) is 3.02. The lowest BCUT2D eigenvalue weighted by atomic mass is 10.1. The molecule has 0 aliphatic heterocycles. The van der Waals surface area contributed by atoms with E-state index in [0.717, 1.165) is 17.4 Å². The van der Waals surface area contributed by atoms with Gasteiger partial charge in [0.2, 0.25) is 0 Å². The van der Waals surface area contributed by atoms with Crippen molar-refractivity contribution in [1.29, 1.82) is 0 Å². The van der Waals surface area contributed by atoms with Crippen LogP contribution < -0.4 is 10.1 Å². The largest absolute Gasteiger partial charge is 0.488 e. The summed E-state index contributed by atoms with van der Waals surface area (Å²) in [6.07, 6.45) is 0. The van der Waals surface area contributed by atoms with Crippen molar-refractivity contribution >= 4 is 11.7 Å². The zero-order valence-corrected chi connectivity index (χ0v) is 13.4. The van der Waals surface area contributed by atoms with E-state index in [1.807, 2.05) is 45.0 Å². The number of hydrogen-bond acceptors (Lipinski definition) is 3. The molecule has 2 rings (SSSR count). The van der Waals surface area contributed by atoms with E-state index in [1.54, 1.807) is 0 Å². The summed E-state index contributed by atoms with van der Waals surface area (Å²) >= 11 is 0. The van der Waals surface area contributed by atoms with Crippen molar-refractivity contribution in [3.8, 4) is 5.75 Å². The first-order valence-electron chi connectivity index (χ1n) is 7.29. The molecule has 0 aliphatic rings. The van der Waals surface area contributed by atoms with E-state index in [-0.39, 0.29) is 11.2 Å². The molecule has 2 aromatic rings. The molecule has 0 atom stereocenters. The van der Waals surface area contributed by atoms with Crippen LogP contribution in [0.4, 0.5) is 10.1 Å². The summed E-state index contributed by atoms with van der Waals surface area (Å²) in [4.78, 5) is 11.0. The van der Waals surface area contributed by atoms with E-state index in [1.165, 1.54) is 12.1 Å². The summed E-state index contributed by atoms with van der Waals surface area (Å²) in [7, 11) is 0. The second-order valence-electron chi connectivity index (χ2n) is 6.21. The number of halogens is 1. The Labute approximate surface area is 134 Å². The minimum Gasteiger partial charge on any atom is -0.488 e. The van der Waals surface area contributed by atoms with Crippen molar-refractivity contribution in [2.24, 2.45) is 0 Å². The van der Waals surface area contributed by atoms with E-state index in [4.69, 9.17) is 9.84 Å². The fourth-order valence-electron chi connectivity index (χ4n) is 2.09. The summed E-state index contributed by atoms with van der Waals surface area (Å²) in [5, 5.41) is 12.0. The van der Waals surface area contributed by atoms with Gasteiger partial charge in [0.05, 0.1) is 5.56 Å². The highest BCUT2D eigenvalue weighted by Crippen LogP contribution is 2.24. The van der Waals surface area contributed by atoms with Crippen molar-refractivity contribution in [3.63, 3.8) is 0 Å². The van der Waals surface area contributed by atoms with Gasteiger partial charge >= 0.3 is 5.97 Å². The molecule has 23 heavy (non-hydrogen) atoms. The second-order valence-corrected chi connectivity index (χ2v) is 6.21. The molecule has 0 spiro atoms. The molecule has 0 aromatic heterocycles. The van der Waals surface area contributed by atoms with Crippen LogP contribution in [0.5, 0.6) is 5.75 Å². The maximum absolute atomic E-state index is 13.5. The lowest BCUT2D eigenvalue weighted by molar-refractivity contribution is 0.0696. The molecule has 0 saturated heterocycles. The molecule has 5 heteroatoms. The highest BCUT2D eigenvalue weighted by Gasteiger charge is 2.14. The van der Waals surface area contributed by atoms with Gasteiger partial charge in [0, 0.05) is 17.8 Å². The van der Waals surface area contributed by atoms with E-state index in [0.29, 0.717) is 12.2 Å². The number of nitrogens with one attached hydrogen (secondary N) is 1. The molecule has 0 fully saturated rings. The third kappa shape index (κ3) is 4.98. The number of para-hydroxylation sites is 1. The van der Waals surface area contributed by atoms with Gasteiger partial charge in [0.15, 0.2) is 0 Å². The summed E-state index contributed by atoms with van der Waals surface area (Å²) in [6, 6.07) is 11.2. The molecular weight excluding hydrogens is 297 g/mol. The fourth-order valence-corrected chi connectivity index (χ4v) is 2.09. The molecule has 4 nitrogen and oxygen atoms in total. The lowest BCUT2D eigenvalue weighted by Crippen LogP contribution is -2.23. The van der Waals surface area contributed by atoms with Gasteiger partial charge in [0.25, 0.3) is 0 Å². The maximum atomic E-state index is 13.5. The standard InChI is InChI=1S/C18H20FNO3/c1-18(2,3)23-16-7-5-4-6-12(16)11-20-15-9-13(17(21)22)8-14(19)10-15/h4-10,20H,11H2,1-3H3,(H,21,22). The quantitative estimate of drug-likeness (QED) is 0.862. The Morgan fingerprint density at radius 1 is 1.22 bits per heavy atom. The molecule has 0 aliphatic carbocycles. The molecule has 0 heterocycles. The second kappa shape index (κ2) is 6.69. The minimum absolute atomic E-state index is 0.0910. The van der Waals surface area contributed by atoms with Crippen LogP contribution in [0.25, 0.3) is 0 Å². The van der Waals surface area contributed by atoms with Crippen LogP contribution in [-0.4, -0.2) is 16.7 Å². The number of carbonyl (C=O) groups is 1. The molecule has 0 amide bonds. The van der Waals surface area contributed by atoms with Crippen molar-refractivity contribution < 1.29 is 19.0 Å². The number of anilines is 1. The molecule has 0 saturated carbocycles. The smallest absolute Gasteiger partial charge is 0.335 e. The Kier molecular flexibility index (Phi) is 4.89. The van der Waals surface area contributed by atoms with Crippen LogP contribution in [0.15, 0.2) is 42.5 Å². The first-order valence-corrected chi connectivity index (χ1v) is 7.29. The van der Waals surface area contributed by atoms with Crippen LogP contribution >= 0.6 is 0 Å². The molecule has 2 N–H and O–H groups in total. The predicted molar refractivity (Wildman–Crippen MR) is 87.5 cm³/mol. The van der Waals surface area contributed by atoms with Crippen molar-refractivity contribution in [3.05, 3.63) is 59.4 Å². The van der Waals surface area contributed by atoms with Gasteiger partial charge in [-0.15, -0.1) is 0 Å². The van der Waals surface area contributed by atoms with Gasteiger partial charge in [0.1, 0.15) is 17.2 Å². The van der Waals surface area contributed by atoms with Crippen LogP contribution in [0, 0.1) is 5.82 Å². The normalized spacial score (nSPS) is 11.1. The van der Waals surface area contributed by atoms with E-state index in [9.17, 15) is 9.18 Å². The maximum Gasteiger partial charge on any atom is 0.335 e. The molecule has 2 aromatic carbocycles. The van der Waals surface area contributed by atoms with Gasteiger partial charge in [-0.3, -0.25) is 0 Å². The Hall–Kier alpha value is -2.56. The van der Waals surface area contributed by atoms with Gasteiger partial charge in [-0.1, -0.05) is 18.2 Å². The highest BCUT2D eigenvalue weighted by atomic mass is 19.1. The molecule has 122 valence electrons. The van der Waals surface area contributed by atoms with Gasteiger partial charge < -0.3 is 15.2 Å². The summed E-state index contributed by atoms with van der Waals surface area (Å²) in [6.45, 7) is 6.28. The monoisotopic (exact) mass is 317 g/mol. The first-order chi connectivity index (χ1) is 10.7. The zero-order valence-electron chi connectivity index (χ0n) is 13.4. The number of rotatable bonds is 5. The SMILES string of the molecule is CC(C)(C)Oc1ccccc1CNc1cc(F)cc(C(=O)O)c1. The van der Waals surface area contributed by atoms with Crippen LogP contribution in [0.2, 0.25) is 0 Å². The Morgan fingerprint density at radius 2 is 1.91 bits per heavy atom. The van der Waals surface area contributed by atoms with E-state index in [2.05, 4.69) is 5.32 Å². The fraction of sp³-hybridized carbons (Fsp3) is 0.278. The summed E-state index contributed by atoms with van der Waals surface area (Å²) in [5.41, 5.74) is 0.897. The Morgan fingerprint density at radius 3 is 2.57 bits per heavy atom. The summed E-state index contributed by atoms with van der Waals surface area (Å²) in [5.74, 6) is -1.02. The summed E-state index contributed by atoms with van der Waals surface area (Å²) < 4.78 is 19.4. The number of carboxylic acids is 1. The Balaban J connectivity index is 2.17. The Bertz CT molecular complexity index is 708. The van der Waals surface area contributed by atoms with Crippen molar-refractivity contribution in [1.82, 2.24) is 0 Å². The average molecular weight is 317 g/mol. The number of hydrogen-bond donors (Lipinski definition) is 2. The number of carboxylic acid groups (broad SMARTS) is 1. The van der Waals surface area contributed by atoms with E-state index >= 15 is 0 Å². The highest BCUT2D eigenvalue weighted by molar-refractivity contribution is 5.88. The van der Waals surface area contributed by atoms with Gasteiger partial charge in [-0.25, -0.2) is 9.18 Å². The van der Waals surface area contributed by atoms with Gasteiger partial charge in [-0.05, 0) is 45.0 Å². The number of aromatic carboxylic acids is 1. The van der Waals surface area contributed by atoms with Crippen LogP contribution in [0.3, 0.4) is 0 Å². The van der Waals surface area contributed by atoms with E-state index < -0.39 is 11.8 Å². The minimum atomic E-state index is -1.16. The molecule has 0 radical (unpaired) electrons. The van der Waals surface area contributed by atoms with Crippen LogP contribution in [0.1, 0.15) is 36.7 Å². The molecule has 0 unspecified atom stereocenters. The first kappa shape index (κ1) is 16.8. The average Bonchev–Trinajstić information content (AvgIpc) is 2.44. The third-order valence-electron chi connectivity index (χ3n) is 3.02. The predicted octanol–water partition coefficient (Wildman–Crippen LogP) is 4.31. The lowest BCUT2D eigenvalue weighted by Gasteiger charge is -2.23. The van der Waals surface area contributed by atoms with Crippen molar-refractivity contribution in [2.75, 3.05) is 5.32 Å². The zero-order chi connectivity index (χ0) is 17.0. The molecule has 0 bridgehead atoms. The van der Waals surface area contributed by atoms with Gasteiger partial charge in [-0.2, -0.15) is 0 Å². The number of ether oxygens (including phenoxy) is 1. The molecular formula is C18H20FNO3. The van der Waals surface area contributed by atoms with Crippen molar-refractivity contribution in [2.45, 2.75) is 32.9 Å². The topological polar surface area (TPSA) is 58.6 Å².